The van der Waals surface area contributed by atoms with Crippen LogP contribution in [0.3, 0.4) is 0 Å². The largest absolute Gasteiger partial charge is 0.316 e. The van der Waals surface area contributed by atoms with E-state index in [2.05, 4.69) is 20.2 Å². The van der Waals surface area contributed by atoms with Crippen LogP contribution >= 0.6 is 12.4 Å². The molecule has 0 aromatic carbocycles. The number of nitrogens with one attached hydrogen (secondary N) is 3. The minimum Gasteiger partial charge on any atom is -0.316 e. The van der Waals surface area contributed by atoms with Gasteiger partial charge in [0.05, 0.1) is 11.4 Å². The topological polar surface area (TPSA) is 86.9 Å². The van der Waals surface area contributed by atoms with Crippen LogP contribution < -0.4 is 10.0 Å². The molecule has 1 aromatic heterocycles. The zero-order chi connectivity index (χ0) is 12.5. The van der Waals surface area contributed by atoms with E-state index in [1.54, 1.807) is 13.8 Å². The molecule has 2 rings (SSSR count). The number of hydrogen-bond acceptors (Lipinski definition) is 4. The van der Waals surface area contributed by atoms with E-state index in [0.717, 1.165) is 19.5 Å². The van der Waals surface area contributed by atoms with Crippen molar-refractivity contribution < 1.29 is 8.42 Å². The summed E-state index contributed by atoms with van der Waals surface area (Å²) in [4.78, 5) is 0.281. The maximum atomic E-state index is 12.1. The van der Waals surface area contributed by atoms with Crippen molar-refractivity contribution in [1.82, 2.24) is 20.2 Å². The van der Waals surface area contributed by atoms with Gasteiger partial charge in [0.2, 0.25) is 10.0 Å². The monoisotopic (exact) mass is 294 g/mol. The summed E-state index contributed by atoms with van der Waals surface area (Å²) in [5, 5.41) is 9.81. The maximum Gasteiger partial charge on any atom is 0.244 e. The third-order valence-corrected chi connectivity index (χ3v) is 4.74. The van der Waals surface area contributed by atoms with Crippen LogP contribution in [0.5, 0.6) is 0 Å². The summed E-state index contributed by atoms with van der Waals surface area (Å²) in [5.41, 5.74) is 1.10. The van der Waals surface area contributed by atoms with Gasteiger partial charge in [0.15, 0.2) is 0 Å². The second-order valence-electron chi connectivity index (χ2n) is 4.47. The van der Waals surface area contributed by atoms with Gasteiger partial charge in [-0.1, -0.05) is 0 Å². The lowest BCUT2D eigenvalue weighted by molar-refractivity contribution is 0.538. The van der Waals surface area contributed by atoms with Gasteiger partial charge in [-0.15, -0.1) is 12.4 Å². The van der Waals surface area contributed by atoms with Crippen LogP contribution in [0.4, 0.5) is 0 Å². The number of sulfonamides is 1. The van der Waals surface area contributed by atoms with E-state index in [1.807, 2.05) is 0 Å². The molecule has 104 valence electrons. The van der Waals surface area contributed by atoms with Crippen LogP contribution in [0.2, 0.25) is 0 Å². The SMILES string of the molecule is Cc1n[nH]c(C)c1S(=O)(=O)NCC1CCNC1.Cl. The molecular formula is C10H19ClN4O2S. The van der Waals surface area contributed by atoms with Crippen molar-refractivity contribution in [2.45, 2.75) is 25.2 Å². The average Bonchev–Trinajstić information content (AvgIpc) is 2.86. The van der Waals surface area contributed by atoms with Gasteiger partial charge in [0, 0.05) is 6.54 Å². The molecule has 0 radical (unpaired) electrons. The Morgan fingerprint density at radius 3 is 2.67 bits per heavy atom. The highest BCUT2D eigenvalue weighted by Gasteiger charge is 2.24. The van der Waals surface area contributed by atoms with Crippen molar-refractivity contribution in [3.05, 3.63) is 11.4 Å². The molecule has 1 unspecified atom stereocenters. The molecule has 0 saturated carbocycles. The molecule has 0 bridgehead atoms. The van der Waals surface area contributed by atoms with Gasteiger partial charge in [-0.2, -0.15) is 5.10 Å². The molecule has 1 aliphatic rings. The number of rotatable bonds is 4. The van der Waals surface area contributed by atoms with Crippen molar-refractivity contribution in [3.8, 4) is 0 Å². The summed E-state index contributed by atoms with van der Waals surface area (Å²) in [6, 6.07) is 0. The van der Waals surface area contributed by atoms with Crippen LogP contribution in [-0.2, 0) is 10.0 Å². The molecule has 1 saturated heterocycles. The lowest BCUT2D eigenvalue weighted by atomic mass is 10.1. The lowest BCUT2D eigenvalue weighted by Crippen LogP contribution is -2.30. The Labute approximate surface area is 113 Å². The molecule has 1 atom stereocenters. The third-order valence-electron chi connectivity index (χ3n) is 3.05. The smallest absolute Gasteiger partial charge is 0.244 e. The second kappa shape index (κ2) is 6.01. The average molecular weight is 295 g/mol. The van der Waals surface area contributed by atoms with Gasteiger partial charge >= 0.3 is 0 Å². The van der Waals surface area contributed by atoms with Gasteiger partial charge in [-0.05, 0) is 39.3 Å². The Morgan fingerprint density at radius 1 is 1.44 bits per heavy atom. The van der Waals surface area contributed by atoms with Gasteiger partial charge in [0.1, 0.15) is 4.90 Å². The van der Waals surface area contributed by atoms with Crippen molar-refractivity contribution in [2.24, 2.45) is 5.92 Å². The molecule has 3 N–H and O–H groups in total. The number of halogens is 1. The highest BCUT2D eigenvalue weighted by molar-refractivity contribution is 7.89. The van der Waals surface area contributed by atoms with Crippen molar-refractivity contribution in [2.75, 3.05) is 19.6 Å². The van der Waals surface area contributed by atoms with Crippen molar-refractivity contribution in [3.63, 3.8) is 0 Å². The Balaban J connectivity index is 0.00000162. The molecule has 18 heavy (non-hydrogen) atoms. The summed E-state index contributed by atoms with van der Waals surface area (Å²) >= 11 is 0. The maximum absolute atomic E-state index is 12.1. The Hall–Kier alpha value is -0.630. The van der Waals surface area contributed by atoms with Crippen LogP contribution in [0.1, 0.15) is 17.8 Å². The Kier molecular flexibility index (Phi) is 5.15. The molecule has 0 aliphatic carbocycles. The van der Waals surface area contributed by atoms with E-state index < -0.39 is 10.0 Å². The van der Waals surface area contributed by atoms with Crippen LogP contribution in [0, 0.1) is 19.8 Å². The normalized spacial score (nSPS) is 19.8. The summed E-state index contributed by atoms with van der Waals surface area (Å²) in [7, 11) is -3.44. The molecule has 0 amide bonds. The predicted molar refractivity (Wildman–Crippen MR) is 71.5 cm³/mol. The standard InChI is InChI=1S/C10H18N4O2S.ClH/c1-7-10(8(2)14-13-7)17(15,16)12-6-9-3-4-11-5-9;/h9,11-12H,3-6H2,1-2H3,(H,13,14);1H. The molecule has 0 spiro atoms. The summed E-state index contributed by atoms with van der Waals surface area (Å²) in [6.07, 6.45) is 1.02. The summed E-state index contributed by atoms with van der Waals surface area (Å²) in [5.74, 6) is 0.386. The minimum absolute atomic E-state index is 0. The molecule has 1 aromatic rings. The fourth-order valence-corrected chi connectivity index (χ4v) is 3.61. The first kappa shape index (κ1) is 15.4. The van der Waals surface area contributed by atoms with Gasteiger partial charge < -0.3 is 5.32 Å². The van der Waals surface area contributed by atoms with Gasteiger partial charge in [-0.25, -0.2) is 13.1 Å². The van der Waals surface area contributed by atoms with E-state index in [-0.39, 0.29) is 17.3 Å². The molecule has 1 fully saturated rings. The van der Waals surface area contributed by atoms with E-state index >= 15 is 0 Å². The Morgan fingerprint density at radius 2 is 2.17 bits per heavy atom. The summed E-state index contributed by atoms with van der Waals surface area (Å²) in [6.45, 7) is 5.74. The number of aromatic nitrogens is 2. The minimum atomic E-state index is -3.44. The first-order valence-corrected chi connectivity index (χ1v) is 7.21. The zero-order valence-electron chi connectivity index (χ0n) is 10.5. The molecule has 2 heterocycles. The van der Waals surface area contributed by atoms with E-state index in [9.17, 15) is 8.42 Å². The highest BCUT2D eigenvalue weighted by atomic mass is 35.5. The first-order chi connectivity index (χ1) is 8.00. The number of aromatic amines is 1. The van der Waals surface area contributed by atoms with E-state index in [1.165, 1.54) is 0 Å². The fourth-order valence-electron chi connectivity index (χ4n) is 2.12. The van der Waals surface area contributed by atoms with Crippen molar-refractivity contribution in [1.29, 1.82) is 0 Å². The Bertz CT molecular complexity index is 474. The number of nitrogens with zero attached hydrogens (tertiary/aromatic N) is 1. The molecule has 6 nitrogen and oxygen atoms in total. The zero-order valence-corrected chi connectivity index (χ0v) is 12.1. The number of aryl methyl sites for hydroxylation is 2. The van der Waals surface area contributed by atoms with Crippen LogP contribution in [0.15, 0.2) is 4.90 Å². The third kappa shape index (κ3) is 3.23. The first-order valence-electron chi connectivity index (χ1n) is 5.72. The number of H-pyrrole nitrogens is 1. The van der Waals surface area contributed by atoms with Crippen LogP contribution in [0.25, 0.3) is 0 Å². The predicted octanol–water partition coefficient (Wildman–Crippen LogP) is 0.336. The molecule has 8 heteroatoms. The fraction of sp³-hybridized carbons (Fsp3) is 0.700. The van der Waals surface area contributed by atoms with Crippen LogP contribution in [-0.4, -0.2) is 38.2 Å². The van der Waals surface area contributed by atoms with Gasteiger partial charge in [0.25, 0.3) is 0 Å². The number of hydrogen-bond donors (Lipinski definition) is 3. The molecular weight excluding hydrogens is 276 g/mol. The quantitative estimate of drug-likeness (QED) is 0.747. The van der Waals surface area contributed by atoms with E-state index in [4.69, 9.17) is 0 Å². The van der Waals surface area contributed by atoms with E-state index in [0.29, 0.717) is 23.9 Å². The lowest BCUT2D eigenvalue weighted by Gasteiger charge is -2.10. The highest BCUT2D eigenvalue weighted by Crippen LogP contribution is 2.17. The second-order valence-corrected chi connectivity index (χ2v) is 6.18. The van der Waals surface area contributed by atoms with Crippen molar-refractivity contribution >= 4 is 22.4 Å². The molecule has 1 aliphatic heterocycles. The summed E-state index contributed by atoms with van der Waals surface area (Å²) < 4.78 is 26.9. The van der Waals surface area contributed by atoms with Gasteiger partial charge in [-0.3, -0.25) is 5.10 Å².